The first-order chi connectivity index (χ1) is 6.40. The maximum atomic E-state index is 11.3. The quantitative estimate of drug-likeness (QED) is 0.739. The van der Waals surface area contributed by atoms with Crippen LogP contribution in [-0.4, -0.2) is 30.9 Å². The third-order valence-corrected chi connectivity index (χ3v) is 2.15. The monoisotopic (exact) mass is 201 g/mol. The van der Waals surface area contributed by atoms with Crippen LogP contribution in [-0.2, 0) is 9.47 Å². The number of nitrogens with one attached hydrogen (secondary N) is 1. The maximum Gasteiger partial charge on any atom is 0.407 e. The Morgan fingerprint density at radius 1 is 1.36 bits per heavy atom. The largest absolute Gasteiger partial charge is 0.444 e. The standard InChI is InChI=1S/C10H19NO3/c1-10(2,3)14-9(12)11-7-5-8(6-7)13-4/h7-8H,5-6H2,1-4H3,(H,11,12)/t7-,8-. The van der Waals surface area contributed by atoms with Crippen LogP contribution < -0.4 is 5.32 Å². The predicted octanol–water partition coefficient (Wildman–Crippen LogP) is 1.69. The van der Waals surface area contributed by atoms with Gasteiger partial charge >= 0.3 is 6.09 Å². The van der Waals surface area contributed by atoms with Gasteiger partial charge < -0.3 is 14.8 Å². The van der Waals surface area contributed by atoms with E-state index in [9.17, 15) is 4.79 Å². The van der Waals surface area contributed by atoms with Gasteiger partial charge in [-0.25, -0.2) is 4.79 Å². The highest BCUT2D eigenvalue weighted by Gasteiger charge is 2.31. The van der Waals surface area contributed by atoms with Crippen LogP contribution in [0.3, 0.4) is 0 Å². The van der Waals surface area contributed by atoms with E-state index in [2.05, 4.69) is 5.32 Å². The van der Waals surface area contributed by atoms with Crippen LogP contribution in [0.5, 0.6) is 0 Å². The molecule has 0 spiro atoms. The molecule has 1 aliphatic rings. The summed E-state index contributed by atoms with van der Waals surface area (Å²) in [5, 5.41) is 2.80. The third-order valence-electron chi connectivity index (χ3n) is 2.15. The second kappa shape index (κ2) is 4.17. The zero-order chi connectivity index (χ0) is 10.8. The fraction of sp³-hybridized carbons (Fsp3) is 0.900. The number of amides is 1. The number of hydrogen-bond acceptors (Lipinski definition) is 3. The number of methoxy groups -OCH3 is 1. The molecule has 82 valence electrons. The van der Waals surface area contributed by atoms with Crippen LogP contribution in [0, 0.1) is 0 Å². The average Bonchev–Trinajstić information content (AvgIpc) is 1.91. The minimum atomic E-state index is -0.422. The predicted molar refractivity (Wildman–Crippen MR) is 53.2 cm³/mol. The van der Waals surface area contributed by atoms with E-state index in [1.54, 1.807) is 7.11 Å². The molecular formula is C10H19NO3. The molecule has 1 N–H and O–H groups in total. The zero-order valence-corrected chi connectivity index (χ0v) is 9.29. The number of carbonyl (C=O) groups excluding carboxylic acids is 1. The summed E-state index contributed by atoms with van der Waals surface area (Å²) in [7, 11) is 1.69. The molecule has 0 aromatic heterocycles. The Balaban J connectivity index is 2.17. The zero-order valence-electron chi connectivity index (χ0n) is 9.29. The van der Waals surface area contributed by atoms with Gasteiger partial charge in [0, 0.05) is 13.2 Å². The summed E-state index contributed by atoms with van der Waals surface area (Å²) in [5.41, 5.74) is -0.422. The fourth-order valence-corrected chi connectivity index (χ4v) is 1.35. The summed E-state index contributed by atoms with van der Waals surface area (Å²) in [6.07, 6.45) is 1.73. The van der Waals surface area contributed by atoms with E-state index in [-0.39, 0.29) is 12.1 Å². The number of rotatable bonds is 2. The van der Waals surface area contributed by atoms with Gasteiger partial charge in [-0.1, -0.05) is 0 Å². The van der Waals surface area contributed by atoms with Crippen LogP contribution >= 0.6 is 0 Å². The van der Waals surface area contributed by atoms with Gasteiger partial charge in [0.05, 0.1) is 6.10 Å². The summed E-state index contributed by atoms with van der Waals surface area (Å²) in [6.45, 7) is 5.56. The lowest BCUT2D eigenvalue weighted by atomic mass is 9.89. The molecule has 0 radical (unpaired) electrons. The molecule has 0 aromatic carbocycles. The summed E-state index contributed by atoms with van der Waals surface area (Å²) >= 11 is 0. The molecule has 0 unspecified atom stereocenters. The van der Waals surface area contributed by atoms with Crippen molar-refractivity contribution in [3.63, 3.8) is 0 Å². The van der Waals surface area contributed by atoms with Crippen LogP contribution in [0.15, 0.2) is 0 Å². The molecule has 0 aromatic rings. The van der Waals surface area contributed by atoms with Crippen LogP contribution in [0.2, 0.25) is 0 Å². The number of ether oxygens (including phenoxy) is 2. The first-order valence-electron chi connectivity index (χ1n) is 4.93. The van der Waals surface area contributed by atoms with E-state index >= 15 is 0 Å². The first kappa shape index (κ1) is 11.3. The van der Waals surface area contributed by atoms with Crippen molar-refractivity contribution in [2.24, 2.45) is 0 Å². The second-order valence-corrected chi connectivity index (χ2v) is 4.67. The van der Waals surface area contributed by atoms with E-state index in [1.165, 1.54) is 0 Å². The third kappa shape index (κ3) is 3.54. The van der Waals surface area contributed by atoms with Crippen molar-refractivity contribution in [3.8, 4) is 0 Å². The highest BCUT2D eigenvalue weighted by molar-refractivity contribution is 5.68. The van der Waals surface area contributed by atoms with Gasteiger partial charge in [0.2, 0.25) is 0 Å². The van der Waals surface area contributed by atoms with E-state index in [0.29, 0.717) is 6.10 Å². The minimum Gasteiger partial charge on any atom is -0.444 e. The van der Waals surface area contributed by atoms with Crippen molar-refractivity contribution in [3.05, 3.63) is 0 Å². The Labute approximate surface area is 85.0 Å². The van der Waals surface area contributed by atoms with E-state index in [1.807, 2.05) is 20.8 Å². The molecule has 4 nitrogen and oxygen atoms in total. The summed E-state index contributed by atoms with van der Waals surface area (Å²) in [6, 6.07) is 0.217. The Morgan fingerprint density at radius 3 is 2.36 bits per heavy atom. The average molecular weight is 201 g/mol. The molecule has 0 heterocycles. The second-order valence-electron chi connectivity index (χ2n) is 4.67. The molecule has 1 rings (SSSR count). The van der Waals surface area contributed by atoms with E-state index in [4.69, 9.17) is 9.47 Å². The molecule has 0 atom stereocenters. The summed E-state index contributed by atoms with van der Waals surface area (Å²) < 4.78 is 10.2. The lowest BCUT2D eigenvalue weighted by Crippen LogP contribution is -2.48. The molecule has 14 heavy (non-hydrogen) atoms. The van der Waals surface area contributed by atoms with Crippen LogP contribution in [0.25, 0.3) is 0 Å². The molecule has 1 amide bonds. The minimum absolute atomic E-state index is 0.217. The van der Waals surface area contributed by atoms with Gasteiger partial charge in [-0.05, 0) is 33.6 Å². The molecular weight excluding hydrogens is 182 g/mol. The number of alkyl carbamates (subject to hydrolysis) is 1. The normalized spacial score (nSPS) is 26.6. The Morgan fingerprint density at radius 2 is 1.93 bits per heavy atom. The number of hydrogen-bond donors (Lipinski definition) is 1. The Bertz CT molecular complexity index is 204. The molecule has 1 aliphatic carbocycles. The SMILES string of the molecule is CO[C@H]1C[C@H](NC(=O)OC(C)(C)C)C1. The maximum absolute atomic E-state index is 11.3. The van der Waals surface area contributed by atoms with Gasteiger partial charge in [-0.15, -0.1) is 0 Å². The lowest BCUT2D eigenvalue weighted by molar-refractivity contribution is 0.00743. The van der Waals surface area contributed by atoms with Crippen LogP contribution in [0.4, 0.5) is 4.79 Å². The highest BCUT2D eigenvalue weighted by Crippen LogP contribution is 2.22. The highest BCUT2D eigenvalue weighted by atomic mass is 16.6. The lowest BCUT2D eigenvalue weighted by Gasteiger charge is -2.34. The van der Waals surface area contributed by atoms with Crippen molar-refractivity contribution >= 4 is 6.09 Å². The molecule has 1 fully saturated rings. The van der Waals surface area contributed by atoms with Crippen molar-refractivity contribution in [1.29, 1.82) is 0 Å². The van der Waals surface area contributed by atoms with E-state index < -0.39 is 5.60 Å². The Hall–Kier alpha value is -0.770. The van der Waals surface area contributed by atoms with Gasteiger partial charge in [0.25, 0.3) is 0 Å². The van der Waals surface area contributed by atoms with Crippen molar-refractivity contribution in [1.82, 2.24) is 5.32 Å². The fourth-order valence-electron chi connectivity index (χ4n) is 1.35. The molecule has 0 aliphatic heterocycles. The summed E-state index contributed by atoms with van der Waals surface area (Å²) in [4.78, 5) is 11.3. The number of carbonyl (C=O) groups is 1. The van der Waals surface area contributed by atoms with E-state index in [0.717, 1.165) is 12.8 Å². The molecule has 0 bridgehead atoms. The smallest absolute Gasteiger partial charge is 0.407 e. The molecule has 1 saturated carbocycles. The van der Waals surface area contributed by atoms with Crippen molar-refractivity contribution < 1.29 is 14.3 Å². The molecule has 4 heteroatoms. The van der Waals surface area contributed by atoms with Gasteiger partial charge in [-0.3, -0.25) is 0 Å². The van der Waals surface area contributed by atoms with Crippen molar-refractivity contribution in [2.75, 3.05) is 7.11 Å². The van der Waals surface area contributed by atoms with Gasteiger partial charge in [0.15, 0.2) is 0 Å². The topological polar surface area (TPSA) is 47.6 Å². The van der Waals surface area contributed by atoms with Crippen molar-refractivity contribution in [2.45, 2.75) is 51.4 Å². The first-order valence-corrected chi connectivity index (χ1v) is 4.93. The van der Waals surface area contributed by atoms with Crippen LogP contribution in [0.1, 0.15) is 33.6 Å². The Kier molecular flexibility index (Phi) is 3.37. The molecule has 0 saturated heterocycles. The summed E-state index contributed by atoms with van der Waals surface area (Å²) in [5.74, 6) is 0. The van der Waals surface area contributed by atoms with Gasteiger partial charge in [0.1, 0.15) is 5.60 Å². The van der Waals surface area contributed by atoms with Gasteiger partial charge in [-0.2, -0.15) is 0 Å².